The summed E-state index contributed by atoms with van der Waals surface area (Å²) >= 11 is 1.23. The molecule has 30 heavy (non-hydrogen) atoms. The molecule has 1 atom stereocenters. The van der Waals surface area contributed by atoms with Gasteiger partial charge >= 0.3 is 0 Å². The molecule has 5 heterocycles. The van der Waals surface area contributed by atoms with Crippen molar-refractivity contribution in [2.45, 2.75) is 25.4 Å². The summed E-state index contributed by atoms with van der Waals surface area (Å²) in [5, 5.41) is 4.71. The third-order valence-electron chi connectivity index (χ3n) is 5.65. The Morgan fingerprint density at radius 3 is 3.00 bits per heavy atom. The average Bonchev–Trinajstić information content (AvgIpc) is 3.38. The number of thiophene rings is 1. The topological polar surface area (TPSA) is 96.2 Å². The van der Waals surface area contributed by atoms with E-state index in [2.05, 4.69) is 25.2 Å². The van der Waals surface area contributed by atoms with Crippen LogP contribution in [0, 0.1) is 0 Å². The maximum atomic E-state index is 13.5. The molecule has 0 bridgehead atoms. The number of carbonyl (C=O) groups is 1. The maximum absolute atomic E-state index is 13.5. The largest absolute Gasteiger partial charge is 0.357 e. The minimum Gasteiger partial charge on any atom is -0.357 e. The van der Waals surface area contributed by atoms with Crippen LogP contribution in [0.4, 0.5) is 21.8 Å². The standard InChI is InChI=1S/C19H20FN7O2S/c1-21-19-22-7-12-16(24-19)26-5-2-3-11(26)8-27(17(12)28)13-9-30-15-14(13)23-10-25(6-4-20)18(15)29/h7,9-11H,2-6,8H2,1H3,(H,21,22,24)/t11-/m0/s1. The number of anilines is 3. The van der Waals surface area contributed by atoms with Crippen molar-refractivity contribution in [1.29, 1.82) is 0 Å². The lowest BCUT2D eigenvalue weighted by molar-refractivity contribution is 0.0988. The summed E-state index contributed by atoms with van der Waals surface area (Å²) in [7, 11) is 1.74. The number of fused-ring (bicyclic) bond motifs is 4. The second-order valence-corrected chi connectivity index (χ2v) is 8.20. The number of nitrogens with zero attached hydrogens (tertiary/aromatic N) is 6. The van der Waals surface area contributed by atoms with E-state index >= 15 is 0 Å². The van der Waals surface area contributed by atoms with Gasteiger partial charge in [-0.2, -0.15) is 4.98 Å². The van der Waals surface area contributed by atoms with E-state index in [0.717, 1.165) is 19.4 Å². The van der Waals surface area contributed by atoms with Crippen molar-refractivity contribution in [3.8, 4) is 0 Å². The van der Waals surface area contributed by atoms with Gasteiger partial charge < -0.3 is 15.1 Å². The predicted octanol–water partition coefficient (Wildman–Crippen LogP) is 1.89. The molecule has 0 radical (unpaired) electrons. The molecule has 1 saturated heterocycles. The Bertz CT molecular complexity index is 1190. The van der Waals surface area contributed by atoms with Crippen molar-refractivity contribution in [1.82, 2.24) is 19.5 Å². The molecule has 0 saturated carbocycles. The van der Waals surface area contributed by atoms with Gasteiger partial charge in [0.25, 0.3) is 11.5 Å². The molecule has 1 N–H and O–H groups in total. The fourth-order valence-electron chi connectivity index (χ4n) is 4.19. The number of halogens is 1. The Kier molecular flexibility index (Phi) is 4.61. The zero-order valence-corrected chi connectivity index (χ0v) is 17.2. The van der Waals surface area contributed by atoms with Crippen molar-refractivity contribution in [3.63, 3.8) is 0 Å². The van der Waals surface area contributed by atoms with Crippen molar-refractivity contribution in [2.24, 2.45) is 0 Å². The molecular formula is C19H20FN7O2S. The Hall–Kier alpha value is -3.08. The van der Waals surface area contributed by atoms with Gasteiger partial charge in [0.1, 0.15) is 28.3 Å². The maximum Gasteiger partial charge on any atom is 0.271 e. The highest BCUT2D eigenvalue weighted by molar-refractivity contribution is 7.17. The Labute approximate surface area is 175 Å². The molecule has 11 heteroatoms. The number of nitrogens with one attached hydrogen (secondary N) is 1. The first-order valence-electron chi connectivity index (χ1n) is 9.78. The molecule has 0 unspecified atom stereocenters. The van der Waals surface area contributed by atoms with E-state index in [0.29, 0.717) is 39.8 Å². The van der Waals surface area contributed by atoms with Crippen LogP contribution in [0.15, 0.2) is 22.7 Å². The van der Waals surface area contributed by atoms with E-state index in [-0.39, 0.29) is 24.1 Å². The van der Waals surface area contributed by atoms with E-state index in [1.807, 2.05) is 0 Å². The molecule has 0 aromatic carbocycles. The average molecular weight is 429 g/mol. The summed E-state index contributed by atoms with van der Waals surface area (Å²) in [6, 6.07) is 0.122. The van der Waals surface area contributed by atoms with Crippen molar-refractivity contribution < 1.29 is 9.18 Å². The molecule has 3 aromatic rings. The van der Waals surface area contributed by atoms with E-state index in [9.17, 15) is 14.0 Å². The van der Waals surface area contributed by atoms with Crippen LogP contribution in [0.2, 0.25) is 0 Å². The monoisotopic (exact) mass is 429 g/mol. The summed E-state index contributed by atoms with van der Waals surface area (Å²) in [5.41, 5.74) is 1.21. The van der Waals surface area contributed by atoms with Gasteiger partial charge in [-0.1, -0.05) is 0 Å². The Morgan fingerprint density at radius 2 is 2.20 bits per heavy atom. The number of carbonyl (C=O) groups excluding carboxylic acids is 1. The van der Waals surface area contributed by atoms with Gasteiger partial charge in [0.2, 0.25) is 5.95 Å². The second kappa shape index (κ2) is 7.31. The molecule has 0 spiro atoms. The van der Waals surface area contributed by atoms with Crippen LogP contribution in [-0.2, 0) is 6.54 Å². The SMILES string of the molecule is CNc1ncc2c(n1)N1CCC[C@H]1CN(c1csc3c(=O)n(CCF)cnc13)C2=O. The smallest absolute Gasteiger partial charge is 0.271 e. The van der Waals surface area contributed by atoms with Gasteiger partial charge in [0, 0.05) is 37.8 Å². The third kappa shape index (κ3) is 2.83. The first-order chi connectivity index (χ1) is 14.6. The van der Waals surface area contributed by atoms with E-state index < -0.39 is 6.67 Å². The van der Waals surface area contributed by atoms with Gasteiger partial charge in [-0.05, 0) is 12.8 Å². The Morgan fingerprint density at radius 1 is 1.33 bits per heavy atom. The molecular weight excluding hydrogens is 409 g/mol. The normalized spacial score (nSPS) is 18.5. The number of hydrogen-bond donors (Lipinski definition) is 1. The molecule has 1 amide bonds. The van der Waals surface area contributed by atoms with E-state index in [1.54, 1.807) is 23.5 Å². The number of aromatic nitrogens is 4. The minimum atomic E-state index is -0.640. The number of rotatable bonds is 4. The quantitative estimate of drug-likeness (QED) is 0.677. The van der Waals surface area contributed by atoms with Crippen LogP contribution in [-0.4, -0.2) is 58.3 Å². The highest BCUT2D eigenvalue weighted by atomic mass is 32.1. The molecule has 2 aliphatic rings. The van der Waals surface area contributed by atoms with Crippen LogP contribution >= 0.6 is 11.3 Å². The minimum absolute atomic E-state index is 0.0345. The lowest BCUT2D eigenvalue weighted by Crippen LogP contribution is -2.39. The molecule has 1 fully saturated rings. The lowest BCUT2D eigenvalue weighted by atomic mass is 10.2. The number of alkyl halides is 1. The molecule has 156 valence electrons. The highest BCUT2D eigenvalue weighted by Crippen LogP contribution is 2.37. The van der Waals surface area contributed by atoms with E-state index in [4.69, 9.17) is 0 Å². The summed E-state index contributed by atoms with van der Waals surface area (Å²) in [6.45, 7) is 0.632. The van der Waals surface area contributed by atoms with Crippen LogP contribution in [0.3, 0.4) is 0 Å². The summed E-state index contributed by atoms with van der Waals surface area (Å²) in [4.78, 5) is 43.2. The fourth-order valence-corrected chi connectivity index (χ4v) is 5.14. The highest BCUT2D eigenvalue weighted by Gasteiger charge is 2.38. The lowest BCUT2D eigenvalue weighted by Gasteiger charge is -2.26. The van der Waals surface area contributed by atoms with Crippen LogP contribution in [0.1, 0.15) is 23.2 Å². The second-order valence-electron chi connectivity index (χ2n) is 7.32. The Balaban J connectivity index is 1.63. The molecule has 9 nitrogen and oxygen atoms in total. The van der Waals surface area contributed by atoms with E-state index in [1.165, 1.54) is 22.2 Å². The number of amides is 1. The predicted molar refractivity (Wildman–Crippen MR) is 113 cm³/mol. The van der Waals surface area contributed by atoms with Crippen LogP contribution in [0.5, 0.6) is 0 Å². The zero-order chi connectivity index (χ0) is 20.8. The van der Waals surface area contributed by atoms with Gasteiger partial charge in [-0.3, -0.25) is 14.2 Å². The molecule has 0 aliphatic carbocycles. The number of hydrogen-bond acceptors (Lipinski definition) is 8. The van der Waals surface area contributed by atoms with Crippen LogP contribution in [0.25, 0.3) is 10.2 Å². The first-order valence-corrected chi connectivity index (χ1v) is 10.7. The van der Waals surface area contributed by atoms with Crippen molar-refractivity contribution >= 4 is 44.9 Å². The van der Waals surface area contributed by atoms with Gasteiger partial charge in [-0.15, -0.1) is 11.3 Å². The summed E-state index contributed by atoms with van der Waals surface area (Å²) < 4.78 is 14.4. The van der Waals surface area contributed by atoms with Crippen LogP contribution < -0.4 is 20.7 Å². The first kappa shape index (κ1) is 18.9. The zero-order valence-electron chi connectivity index (χ0n) is 16.3. The fraction of sp³-hybridized carbons (Fsp3) is 0.421. The summed E-state index contributed by atoms with van der Waals surface area (Å²) in [5.74, 6) is 0.898. The summed E-state index contributed by atoms with van der Waals surface area (Å²) in [6.07, 6.45) is 4.86. The molecule has 5 rings (SSSR count). The molecule has 3 aromatic heterocycles. The molecule has 2 aliphatic heterocycles. The third-order valence-corrected chi connectivity index (χ3v) is 6.60. The van der Waals surface area contributed by atoms with Crippen molar-refractivity contribution in [3.05, 3.63) is 33.8 Å². The van der Waals surface area contributed by atoms with Gasteiger partial charge in [0.05, 0.1) is 18.6 Å². The van der Waals surface area contributed by atoms with Gasteiger partial charge in [0.15, 0.2) is 0 Å². The van der Waals surface area contributed by atoms with Gasteiger partial charge in [-0.25, -0.2) is 14.4 Å². The van der Waals surface area contributed by atoms with Crippen molar-refractivity contribution in [2.75, 3.05) is 41.9 Å². The number of aryl methyl sites for hydroxylation is 1.